The van der Waals surface area contributed by atoms with Crippen molar-refractivity contribution in [3.63, 3.8) is 0 Å². The molecule has 0 aromatic carbocycles. The third kappa shape index (κ3) is 6.03. The number of rotatable bonds is 7. The van der Waals surface area contributed by atoms with E-state index in [1.54, 1.807) is 13.0 Å². The van der Waals surface area contributed by atoms with E-state index in [9.17, 15) is 4.79 Å². The van der Waals surface area contributed by atoms with Crippen LogP contribution in [0.15, 0.2) is 6.07 Å². The molecule has 0 aliphatic rings. The van der Waals surface area contributed by atoms with Crippen molar-refractivity contribution in [3.05, 3.63) is 11.9 Å². The molecular weight excluding hydrogens is 244 g/mol. The molecule has 1 aromatic rings. The molecule has 1 heterocycles. The zero-order valence-corrected chi connectivity index (χ0v) is 12.0. The van der Waals surface area contributed by atoms with E-state index in [-0.39, 0.29) is 11.9 Å². The van der Waals surface area contributed by atoms with Gasteiger partial charge < -0.3 is 15.4 Å². The lowest BCUT2D eigenvalue weighted by atomic mass is 10.3. The molecule has 0 aliphatic heterocycles. The maximum Gasteiger partial charge on any atom is 0.221 e. The van der Waals surface area contributed by atoms with Gasteiger partial charge in [-0.15, -0.1) is 0 Å². The molecular formula is C13H22N4O2. The molecule has 1 aromatic heterocycles. The van der Waals surface area contributed by atoms with Gasteiger partial charge in [-0.05, 0) is 27.7 Å². The molecule has 6 nitrogen and oxygen atoms in total. The van der Waals surface area contributed by atoms with Crippen LogP contribution in [0.4, 0.5) is 5.82 Å². The Morgan fingerprint density at radius 1 is 1.42 bits per heavy atom. The van der Waals surface area contributed by atoms with Crippen molar-refractivity contribution in [2.24, 2.45) is 0 Å². The molecule has 0 bridgehead atoms. The molecule has 0 saturated carbocycles. The second-order valence-electron chi connectivity index (χ2n) is 4.47. The van der Waals surface area contributed by atoms with Crippen LogP contribution in [0, 0.1) is 6.92 Å². The summed E-state index contributed by atoms with van der Waals surface area (Å²) in [5.74, 6) is 1.89. The number of hydrogen-bond acceptors (Lipinski definition) is 5. The zero-order valence-electron chi connectivity index (χ0n) is 12.0. The van der Waals surface area contributed by atoms with Crippen LogP contribution in [0.2, 0.25) is 0 Å². The minimum absolute atomic E-state index is 0.0262. The number of aromatic nitrogens is 2. The number of anilines is 1. The Kier molecular flexibility index (Phi) is 6.05. The fourth-order valence-electron chi connectivity index (χ4n) is 1.55. The first-order valence-electron chi connectivity index (χ1n) is 6.53. The summed E-state index contributed by atoms with van der Waals surface area (Å²) in [7, 11) is 0. The fourth-order valence-corrected chi connectivity index (χ4v) is 1.55. The third-order valence-electron chi connectivity index (χ3n) is 2.21. The Labute approximate surface area is 114 Å². The lowest BCUT2D eigenvalue weighted by Gasteiger charge is -2.10. The summed E-state index contributed by atoms with van der Waals surface area (Å²) in [6.45, 7) is 8.67. The number of carbonyl (C=O) groups excluding carboxylic acids is 1. The first kappa shape index (κ1) is 15.2. The lowest BCUT2D eigenvalue weighted by molar-refractivity contribution is -0.121. The van der Waals surface area contributed by atoms with Crippen molar-refractivity contribution < 1.29 is 9.53 Å². The molecule has 2 N–H and O–H groups in total. The molecule has 0 spiro atoms. The van der Waals surface area contributed by atoms with E-state index >= 15 is 0 Å². The molecule has 1 rings (SSSR count). The largest absolute Gasteiger partial charge is 0.478 e. The van der Waals surface area contributed by atoms with Gasteiger partial charge in [0.25, 0.3) is 0 Å². The first-order valence-corrected chi connectivity index (χ1v) is 6.53. The van der Waals surface area contributed by atoms with E-state index < -0.39 is 0 Å². The maximum absolute atomic E-state index is 11.5. The van der Waals surface area contributed by atoms with Crippen LogP contribution < -0.4 is 15.4 Å². The fraction of sp³-hybridized carbons (Fsp3) is 0.615. The van der Waals surface area contributed by atoms with Gasteiger partial charge in [0.15, 0.2) is 0 Å². The van der Waals surface area contributed by atoms with Crippen LogP contribution in [0.25, 0.3) is 0 Å². The predicted molar refractivity (Wildman–Crippen MR) is 74.3 cm³/mol. The van der Waals surface area contributed by atoms with E-state index in [0.29, 0.717) is 37.1 Å². The molecule has 0 aliphatic carbocycles. The molecule has 1 amide bonds. The van der Waals surface area contributed by atoms with Crippen molar-refractivity contribution in [1.29, 1.82) is 0 Å². The van der Waals surface area contributed by atoms with Crippen molar-refractivity contribution in [2.75, 3.05) is 18.5 Å². The molecule has 19 heavy (non-hydrogen) atoms. The highest BCUT2D eigenvalue weighted by molar-refractivity contribution is 5.76. The first-order chi connectivity index (χ1) is 9.01. The summed E-state index contributed by atoms with van der Waals surface area (Å²) < 4.78 is 5.34. The van der Waals surface area contributed by atoms with Crippen LogP contribution in [0.5, 0.6) is 5.88 Å². The Balaban J connectivity index is 2.46. The predicted octanol–water partition coefficient (Wildman–Crippen LogP) is 1.51. The molecule has 0 unspecified atom stereocenters. The summed E-state index contributed by atoms with van der Waals surface area (Å²) in [5, 5.41) is 5.93. The highest BCUT2D eigenvalue weighted by Crippen LogP contribution is 2.13. The Hall–Kier alpha value is -1.85. The molecule has 0 saturated heterocycles. The van der Waals surface area contributed by atoms with Crippen molar-refractivity contribution in [2.45, 2.75) is 40.2 Å². The average Bonchev–Trinajstić information content (AvgIpc) is 2.27. The van der Waals surface area contributed by atoms with E-state index in [4.69, 9.17) is 4.74 Å². The SMILES string of the molecule is CCOc1cc(NCCC(=O)NC(C)C)nc(C)n1. The third-order valence-corrected chi connectivity index (χ3v) is 2.21. The summed E-state index contributed by atoms with van der Waals surface area (Å²) >= 11 is 0. The highest BCUT2D eigenvalue weighted by Gasteiger charge is 2.05. The number of aryl methyl sites for hydroxylation is 1. The minimum atomic E-state index is 0.0262. The van der Waals surface area contributed by atoms with Gasteiger partial charge in [-0.3, -0.25) is 4.79 Å². The number of carbonyl (C=O) groups is 1. The monoisotopic (exact) mass is 266 g/mol. The Bertz CT molecular complexity index is 421. The number of amides is 1. The lowest BCUT2D eigenvalue weighted by Crippen LogP contribution is -2.31. The molecule has 6 heteroatoms. The van der Waals surface area contributed by atoms with Crippen LogP contribution >= 0.6 is 0 Å². The molecule has 0 radical (unpaired) electrons. The molecule has 0 atom stereocenters. The van der Waals surface area contributed by atoms with E-state index in [0.717, 1.165) is 0 Å². The van der Waals surface area contributed by atoms with Crippen LogP contribution in [-0.2, 0) is 4.79 Å². The average molecular weight is 266 g/mol. The van der Waals surface area contributed by atoms with Gasteiger partial charge in [-0.1, -0.05) is 0 Å². The number of hydrogen-bond donors (Lipinski definition) is 2. The van der Waals surface area contributed by atoms with Gasteiger partial charge in [0.2, 0.25) is 11.8 Å². The zero-order chi connectivity index (χ0) is 14.3. The number of nitrogens with one attached hydrogen (secondary N) is 2. The minimum Gasteiger partial charge on any atom is -0.478 e. The molecule has 0 fully saturated rings. The summed E-state index contributed by atoms with van der Waals surface area (Å²) in [6.07, 6.45) is 0.408. The Morgan fingerprint density at radius 2 is 2.16 bits per heavy atom. The van der Waals surface area contributed by atoms with Gasteiger partial charge in [0.1, 0.15) is 11.6 Å². The smallest absolute Gasteiger partial charge is 0.221 e. The summed E-state index contributed by atoms with van der Waals surface area (Å²) in [4.78, 5) is 19.9. The van der Waals surface area contributed by atoms with Crippen LogP contribution in [-0.4, -0.2) is 35.1 Å². The van der Waals surface area contributed by atoms with E-state index in [1.807, 2.05) is 20.8 Å². The maximum atomic E-state index is 11.5. The van der Waals surface area contributed by atoms with Gasteiger partial charge >= 0.3 is 0 Å². The topological polar surface area (TPSA) is 76.1 Å². The van der Waals surface area contributed by atoms with Gasteiger partial charge in [0.05, 0.1) is 6.61 Å². The van der Waals surface area contributed by atoms with Crippen LogP contribution in [0.1, 0.15) is 33.0 Å². The molecule has 106 valence electrons. The van der Waals surface area contributed by atoms with Gasteiger partial charge in [0, 0.05) is 25.1 Å². The summed E-state index contributed by atoms with van der Waals surface area (Å²) in [6, 6.07) is 1.90. The number of nitrogens with zero attached hydrogens (tertiary/aromatic N) is 2. The second kappa shape index (κ2) is 7.56. The normalized spacial score (nSPS) is 10.4. The van der Waals surface area contributed by atoms with Crippen molar-refractivity contribution in [1.82, 2.24) is 15.3 Å². The Morgan fingerprint density at radius 3 is 2.79 bits per heavy atom. The van der Waals surface area contributed by atoms with Crippen molar-refractivity contribution in [3.8, 4) is 5.88 Å². The standard InChI is InChI=1S/C13H22N4O2/c1-5-19-13-8-11(16-10(4)17-13)14-7-6-12(18)15-9(2)3/h8-9H,5-7H2,1-4H3,(H,15,18)(H,14,16,17). The van der Waals surface area contributed by atoms with Gasteiger partial charge in [-0.25, -0.2) is 4.98 Å². The van der Waals surface area contributed by atoms with Crippen molar-refractivity contribution >= 4 is 11.7 Å². The van der Waals surface area contributed by atoms with Gasteiger partial charge in [-0.2, -0.15) is 4.98 Å². The van der Waals surface area contributed by atoms with E-state index in [1.165, 1.54) is 0 Å². The highest BCUT2D eigenvalue weighted by atomic mass is 16.5. The number of ether oxygens (including phenoxy) is 1. The van der Waals surface area contributed by atoms with Crippen LogP contribution in [0.3, 0.4) is 0 Å². The summed E-state index contributed by atoms with van der Waals surface area (Å²) in [5.41, 5.74) is 0. The van der Waals surface area contributed by atoms with E-state index in [2.05, 4.69) is 20.6 Å². The second-order valence-corrected chi connectivity index (χ2v) is 4.47. The quantitative estimate of drug-likeness (QED) is 0.782.